The highest BCUT2D eigenvalue weighted by Crippen LogP contribution is 2.04. The molecule has 0 bridgehead atoms. The van der Waals surface area contributed by atoms with Gasteiger partial charge in [-0.05, 0) is 18.1 Å². The van der Waals surface area contributed by atoms with Gasteiger partial charge in [-0.2, -0.15) is 0 Å². The largest absolute Gasteiger partial charge is 0.464 e. The highest BCUT2D eigenvalue weighted by molar-refractivity contribution is 5.77. The first-order chi connectivity index (χ1) is 9.08. The van der Waals surface area contributed by atoms with Crippen molar-refractivity contribution in [3.63, 3.8) is 0 Å². The van der Waals surface area contributed by atoms with E-state index in [0.29, 0.717) is 17.5 Å². The second-order valence-electron chi connectivity index (χ2n) is 4.77. The zero-order chi connectivity index (χ0) is 13.8. The van der Waals surface area contributed by atoms with Crippen LogP contribution >= 0.6 is 0 Å². The van der Waals surface area contributed by atoms with Gasteiger partial charge in [-0.25, -0.2) is 4.98 Å². The zero-order valence-electron chi connectivity index (χ0n) is 11.0. The minimum absolute atomic E-state index is 0.108. The second kappa shape index (κ2) is 5.65. The molecule has 0 saturated heterocycles. The van der Waals surface area contributed by atoms with Gasteiger partial charge in [-0.15, -0.1) is 0 Å². The number of carbonyl (C=O) groups is 1. The van der Waals surface area contributed by atoms with E-state index in [0.717, 1.165) is 0 Å². The maximum atomic E-state index is 12.1. The Morgan fingerprint density at radius 1 is 1.37 bits per heavy atom. The van der Waals surface area contributed by atoms with Crippen LogP contribution in [0.3, 0.4) is 0 Å². The van der Waals surface area contributed by atoms with Crippen molar-refractivity contribution in [3.8, 4) is 0 Å². The number of hydrogen-bond acceptors (Lipinski definition) is 4. The van der Waals surface area contributed by atoms with Crippen LogP contribution in [-0.4, -0.2) is 22.1 Å². The van der Waals surface area contributed by atoms with E-state index in [4.69, 9.17) is 4.74 Å². The third-order valence-corrected chi connectivity index (χ3v) is 2.61. The van der Waals surface area contributed by atoms with Gasteiger partial charge in [0.15, 0.2) is 0 Å². The average molecular weight is 260 g/mol. The van der Waals surface area contributed by atoms with Crippen LogP contribution in [0.5, 0.6) is 0 Å². The molecule has 0 saturated carbocycles. The topological polar surface area (TPSA) is 61.2 Å². The minimum atomic E-state index is -0.423. The van der Waals surface area contributed by atoms with Crippen LogP contribution in [0.2, 0.25) is 0 Å². The molecule has 0 aliphatic heterocycles. The van der Waals surface area contributed by atoms with Crippen LogP contribution in [0.1, 0.15) is 13.8 Å². The van der Waals surface area contributed by atoms with Gasteiger partial charge in [0.25, 0.3) is 5.56 Å². The van der Waals surface area contributed by atoms with Crippen LogP contribution in [-0.2, 0) is 16.1 Å². The summed E-state index contributed by atoms with van der Waals surface area (Å²) in [7, 11) is 0. The number of benzene rings is 1. The van der Waals surface area contributed by atoms with Gasteiger partial charge >= 0.3 is 5.97 Å². The Labute approximate surface area is 110 Å². The van der Waals surface area contributed by atoms with E-state index in [2.05, 4.69) is 4.98 Å². The van der Waals surface area contributed by atoms with E-state index in [1.165, 1.54) is 10.9 Å². The van der Waals surface area contributed by atoms with Gasteiger partial charge in [0.05, 0.1) is 23.8 Å². The van der Waals surface area contributed by atoms with Crippen LogP contribution in [0, 0.1) is 5.92 Å². The Bertz CT molecular complexity index is 646. The van der Waals surface area contributed by atoms with Crippen molar-refractivity contribution >= 4 is 16.9 Å². The summed E-state index contributed by atoms with van der Waals surface area (Å²) in [6.07, 6.45) is 1.38. The first-order valence-corrected chi connectivity index (χ1v) is 6.17. The first-order valence-electron chi connectivity index (χ1n) is 6.17. The molecule has 0 N–H and O–H groups in total. The molecule has 2 aromatic rings. The maximum absolute atomic E-state index is 12.1. The average Bonchev–Trinajstić information content (AvgIpc) is 2.40. The fourth-order valence-electron chi connectivity index (χ4n) is 1.66. The molecule has 0 unspecified atom stereocenters. The van der Waals surface area contributed by atoms with Crippen molar-refractivity contribution in [3.05, 3.63) is 40.9 Å². The summed E-state index contributed by atoms with van der Waals surface area (Å²) in [5.41, 5.74) is 0.395. The van der Waals surface area contributed by atoms with Crippen molar-refractivity contribution in [1.29, 1.82) is 0 Å². The zero-order valence-corrected chi connectivity index (χ0v) is 11.0. The number of fused-ring (bicyclic) bond motifs is 1. The highest BCUT2D eigenvalue weighted by Gasteiger charge is 2.09. The van der Waals surface area contributed by atoms with Gasteiger partial charge < -0.3 is 4.74 Å². The smallest absolute Gasteiger partial charge is 0.326 e. The Balaban J connectivity index is 2.20. The quantitative estimate of drug-likeness (QED) is 0.783. The lowest BCUT2D eigenvalue weighted by Gasteiger charge is -2.08. The number of para-hydroxylation sites is 1. The van der Waals surface area contributed by atoms with E-state index >= 15 is 0 Å². The number of nitrogens with zero attached hydrogens (tertiary/aromatic N) is 2. The summed E-state index contributed by atoms with van der Waals surface area (Å²) < 4.78 is 6.32. The van der Waals surface area contributed by atoms with Gasteiger partial charge in [-0.3, -0.25) is 14.2 Å². The number of ether oxygens (including phenoxy) is 1. The predicted octanol–water partition coefficient (Wildman–Crippen LogP) is 1.60. The van der Waals surface area contributed by atoms with Crippen molar-refractivity contribution in [2.45, 2.75) is 20.4 Å². The van der Waals surface area contributed by atoms with Gasteiger partial charge in [0.1, 0.15) is 6.54 Å². The normalized spacial score (nSPS) is 10.9. The standard InChI is InChI=1S/C14H16N2O3/c1-10(2)8-19-13(17)7-16-9-15-12-6-4-3-5-11(12)14(16)18/h3-6,9-10H,7-8H2,1-2H3. The molecule has 0 spiro atoms. The van der Waals surface area contributed by atoms with E-state index in [9.17, 15) is 9.59 Å². The van der Waals surface area contributed by atoms with Crippen LogP contribution in [0.4, 0.5) is 0 Å². The molecule has 0 aliphatic carbocycles. The predicted molar refractivity (Wildman–Crippen MR) is 71.8 cm³/mol. The van der Waals surface area contributed by atoms with Crippen LogP contribution < -0.4 is 5.56 Å². The molecule has 0 radical (unpaired) electrons. The summed E-state index contributed by atoms with van der Waals surface area (Å²) in [6, 6.07) is 7.04. The van der Waals surface area contributed by atoms with Crippen molar-refractivity contribution < 1.29 is 9.53 Å². The number of esters is 1. The summed E-state index contributed by atoms with van der Waals surface area (Å²) in [4.78, 5) is 27.9. The van der Waals surface area contributed by atoms with Gasteiger partial charge in [0.2, 0.25) is 0 Å². The Kier molecular flexibility index (Phi) is 3.94. The lowest BCUT2D eigenvalue weighted by molar-refractivity contribution is -0.145. The van der Waals surface area contributed by atoms with Crippen LogP contribution in [0.25, 0.3) is 10.9 Å². The Morgan fingerprint density at radius 2 is 2.11 bits per heavy atom. The number of carbonyl (C=O) groups excluding carboxylic acids is 1. The molecule has 0 fully saturated rings. The molecule has 2 rings (SSSR count). The number of rotatable bonds is 4. The van der Waals surface area contributed by atoms with Crippen molar-refractivity contribution in [2.24, 2.45) is 5.92 Å². The minimum Gasteiger partial charge on any atom is -0.464 e. The molecule has 0 aliphatic rings. The lowest BCUT2D eigenvalue weighted by atomic mass is 10.2. The molecular weight excluding hydrogens is 244 g/mol. The fourth-order valence-corrected chi connectivity index (χ4v) is 1.66. The lowest BCUT2D eigenvalue weighted by Crippen LogP contribution is -2.26. The van der Waals surface area contributed by atoms with Crippen molar-refractivity contribution in [2.75, 3.05) is 6.61 Å². The summed E-state index contributed by atoms with van der Waals surface area (Å²) in [6.45, 7) is 4.16. The molecule has 1 aromatic carbocycles. The fraction of sp³-hybridized carbons (Fsp3) is 0.357. The number of aromatic nitrogens is 2. The van der Waals surface area contributed by atoms with Crippen LogP contribution in [0.15, 0.2) is 35.4 Å². The molecule has 5 heteroatoms. The molecule has 0 amide bonds. The van der Waals surface area contributed by atoms with E-state index in [1.54, 1.807) is 18.2 Å². The molecule has 1 aromatic heterocycles. The van der Waals surface area contributed by atoms with E-state index in [-0.39, 0.29) is 18.0 Å². The Hall–Kier alpha value is -2.17. The molecule has 1 heterocycles. The maximum Gasteiger partial charge on any atom is 0.326 e. The molecule has 5 nitrogen and oxygen atoms in total. The summed E-state index contributed by atoms with van der Waals surface area (Å²) >= 11 is 0. The number of hydrogen-bond donors (Lipinski definition) is 0. The van der Waals surface area contributed by atoms with Crippen molar-refractivity contribution in [1.82, 2.24) is 9.55 Å². The molecular formula is C14H16N2O3. The third kappa shape index (κ3) is 3.19. The Morgan fingerprint density at radius 3 is 2.84 bits per heavy atom. The third-order valence-electron chi connectivity index (χ3n) is 2.61. The highest BCUT2D eigenvalue weighted by atomic mass is 16.5. The molecule has 19 heavy (non-hydrogen) atoms. The monoisotopic (exact) mass is 260 g/mol. The summed E-state index contributed by atoms with van der Waals surface area (Å²) in [5, 5.41) is 0.502. The van der Waals surface area contributed by atoms with Gasteiger partial charge in [-0.1, -0.05) is 26.0 Å². The van der Waals surface area contributed by atoms with E-state index < -0.39 is 5.97 Å². The molecule has 100 valence electrons. The SMILES string of the molecule is CC(C)COC(=O)Cn1cnc2ccccc2c1=O. The summed E-state index contributed by atoms with van der Waals surface area (Å²) in [5.74, 6) is -0.150. The first kappa shape index (κ1) is 13.3. The second-order valence-corrected chi connectivity index (χ2v) is 4.77. The molecule has 0 atom stereocenters. The van der Waals surface area contributed by atoms with E-state index in [1.807, 2.05) is 19.9 Å². The van der Waals surface area contributed by atoms with Gasteiger partial charge in [0, 0.05) is 0 Å².